The van der Waals surface area contributed by atoms with Gasteiger partial charge in [0.05, 0.1) is 18.0 Å². The molecule has 2 aromatic rings. The van der Waals surface area contributed by atoms with E-state index in [1.807, 2.05) is 19.0 Å². The zero-order valence-electron chi connectivity index (χ0n) is 16.5. The van der Waals surface area contributed by atoms with Crippen LogP contribution in [0.25, 0.3) is 0 Å². The van der Waals surface area contributed by atoms with Crippen molar-refractivity contribution in [2.24, 2.45) is 0 Å². The van der Waals surface area contributed by atoms with E-state index in [2.05, 4.69) is 34.5 Å². The van der Waals surface area contributed by atoms with Gasteiger partial charge in [-0.05, 0) is 47.8 Å². The average Bonchev–Trinajstić information content (AvgIpc) is 3.02. The molecule has 0 unspecified atom stereocenters. The van der Waals surface area contributed by atoms with Gasteiger partial charge in [0.1, 0.15) is 0 Å². The second-order valence-electron chi connectivity index (χ2n) is 8.18. The van der Waals surface area contributed by atoms with Crippen molar-refractivity contribution in [3.05, 3.63) is 59.4 Å². The summed E-state index contributed by atoms with van der Waals surface area (Å²) < 4.78 is 0. The third-order valence-corrected chi connectivity index (χ3v) is 6.37. The van der Waals surface area contributed by atoms with Crippen LogP contribution >= 0.6 is 0 Å². The molecule has 28 heavy (non-hydrogen) atoms. The van der Waals surface area contributed by atoms with Gasteiger partial charge in [-0.2, -0.15) is 10.2 Å². The van der Waals surface area contributed by atoms with Crippen LogP contribution in [0.3, 0.4) is 0 Å². The maximum Gasteiger partial charge on any atom is 0.255 e. The van der Waals surface area contributed by atoms with Gasteiger partial charge in [0, 0.05) is 33.6 Å². The van der Waals surface area contributed by atoms with E-state index in [9.17, 15) is 9.59 Å². The third kappa shape index (κ3) is 3.28. The molecule has 6 nitrogen and oxygen atoms in total. The monoisotopic (exact) mass is 378 g/mol. The average molecular weight is 378 g/mol. The molecule has 6 heteroatoms. The standard InChI is InChI=1S/C22H26N4O2/c1-25(2)20(27)13-17-14-22(19-6-4-3-5-18(17)19)8-11-26(12-9-22)21(28)16-7-10-23-24-15-16/h3-7,10,15,17H,8-9,11-14H2,1-2H3/t17-/m1/s1. The molecule has 1 aromatic heterocycles. The summed E-state index contributed by atoms with van der Waals surface area (Å²) in [4.78, 5) is 28.7. The summed E-state index contributed by atoms with van der Waals surface area (Å²) in [6, 6.07) is 10.3. The Hall–Kier alpha value is -2.76. The second-order valence-corrected chi connectivity index (χ2v) is 8.18. The van der Waals surface area contributed by atoms with Gasteiger partial charge < -0.3 is 9.80 Å². The van der Waals surface area contributed by atoms with E-state index in [0.717, 1.165) is 32.4 Å². The van der Waals surface area contributed by atoms with E-state index < -0.39 is 0 Å². The van der Waals surface area contributed by atoms with Crippen LogP contribution in [-0.2, 0) is 10.2 Å². The number of nitrogens with zero attached hydrogens (tertiary/aromatic N) is 4. The number of rotatable bonds is 3. The lowest BCUT2D eigenvalue weighted by atomic mass is 9.73. The fourth-order valence-corrected chi connectivity index (χ4v) is 4.81. The zero-order valence-corrected chi connectivity index (χ0v) is 16.5. The van der Waals surface area contributed by atoms with Crippen LogP contribution in [0, 0.1) is 0 Å². The van der Waals surface area contributed by atoms with E-state index in [4.69, 9.17) is 0 Å². The Morgan fingerprint density at radius 3 is 2.57 bits per heavy atom. The SMILES string of the molecule is CN(C)C(=O)C[C@@H]1CC2(CCN(C(=O)c3ccnnc3)CC2)c2ccccc21. The van der Waals surface area contributed by atoms with Gasteiger partial charge in [-0.15, -0.1) is 0 Å². The smallest absolute Gasteiger partial charge is 0.255 e. The summed E-state index contributed by atoms with van der Waals surface area (Å²) >= 11 is 0. The van der Waals surface area contributed by atoms with Crippen molar-refractivity contribution < 1.29 is 9.59 Å². The molecule has 2 aliphatic rings. The third-order valence-electron chi connectivity index (χ3n) is 6.37. The summed E-state index contributed by atoms with van der Waals surface area (Å²) in [7, 11) is 3.63. The number of hydrogen-bond acceptors (Lipinski definition) is 4. The minimum atomic E-state index is 0.0235. The van der Waals surface area contributed by atoms with E-state index in [0.29, 0.717) is 12.0 Å². The summed E-state index contributed by atoms with van der Waals surface area (Å²) in [5.41, 5.74) is 3.36. The minimum Gasteiger partial charge on any atom is -0.349 e. The lowest BCUT2D eigenvalue weighted by Gasteiger charge is -2.40. The van der Waals surface area contributed by atoms with Crippen molar-refractivity contribution in [1.29, 1.82) is 0 Å². The molecule has 2 amide bonds. The Morgan fingerprint density at radius 2 is 1.89 bits per heavy atom. The number of fused-ring (bicyclic) bond motifs is 2. The fourth-order valence-electron chi connectivity index (χ4n) is 4.81. The number of hydrogen-bond donors (Lipinski definition) is 0. The van der Waals surface area contributed by atoms with E-state index in [1.54, 1.807) is 17.2 Å². The summed E-state index contributed by atoms with van der Waals surface area (Å²) in [5.74, 6) is 0.461. The van der Waals surface area contributed by atoms with Gasteiger partial charge >= 0.3 is 0 Å². The Labute approximate surface area is 165 Å². The van der Waals surface area contributed by atoms with Crippen LogP contribution in [0.2, 0.25) is 0 Å². The van der Waals surface area contributed by atoms with Gasteiger partial charge in [0.25, 0.3) is 5.91 Å². The zero-order chi connectivity index (χ0) is 19.7. The molecule has 4 rings (SSSR count). The van der Waals surface area contributed by atoms with Crippen LogP contribution in [0.15, 0.2) is 42.7 Å². The molecule has 0 saturated carbocycles. The minimum absolute atomic E-state index is 0.0235. The molecule has 2 heterocycles. The molecule has 1 atom stereocenters. The molecule has 0 radical (unpaired) electrons. The first kappa shape index (κ1) is 18.6. The largest absolute Gasteiger partial charge is 0.349 e. The number of amides is 2. The molecular formula is C22H26N4O2. The van der Waals surface area contributed by atoms with Crippen molar-refractivity contribution in [2.45, 2.75) is 37.0 Å². The molecular weight excluding hydrogens is 352 g/mol. The van der Waals surface area contributed by atoms with Gasteiger partial charge in [-0.25, -0.2) is 0 Å². The van der Waals surface area contributed by atoms with Crippen LogP contribution < -0.4 is 0 Å². The van der Waals surface area contributed by atoms with Crippen molar-refractivity contribution in [3.63, 3.8) is 0 Å². The number of likely N-dealkylation sites (tertiary alicyclic amines) is 1. The topological polar surface area (TPSA) is 66.4 Å². The highest BCUT2D eigenvalue weighted by molar-refractivity contribution is 5.93. The Morgan fingerprint density at radius 1 is 1.14 bits per heavy atom. The molecule has 146 valence electrons. The first-order valence-corrected chi connectivity index (χ1v) is 9.86. The maximum absolute atomic E-state index is 12.7. The highest BCUT2D eigenvalue weighted by Gasteiger charge is 2.46. The molecule has 0 bridgehead atoms. The Bertz CT molecular complexity index is 873. The second kappa shape index (κ2) is 7.34. The van der Waals surface area contributed by atoms with Crippen LogP contribution in [0.1, 0.15) is 53.1 Å². The summed E-state index contributed by atoms with van der Waals surface area (Å²) in [6.45, 7) is 1.45. The molecule has 1 spiro atoms. The predicted molar refractivity (Wildman–Crippen MR) is 106 cm³/mol. The van der Waals surface area contributed by atoms with E-state index in [1.165, 1.54) is 17.3 Å². The molecule has 1 aliphatic heterocycles. The lowest BCUT2D eigenvalue weighted by Crippen LogP contribution is -2.44. The highest BCUT2D eigenvalue weighted by atomic mass is 16.2. The van der Waals surface area contributed by atoms with E-state index >= 15 is 0 Å². The molecule has 1 fully saturated rings. The fraction of sp³-hybridized carbons (Fsp3) is 0.455. The predicted octanol–water partition coefficient (Wildman–Crippen LogP) is 2.62. The van der Waals surface area contributed by atoms with Crippen LogP contribution in [0.5, 0.6) is 0 Å². The first-order chi connectivity index (χ1) is 13.5. The Balaban J connectivity index is 1.52. The number of benzene rings is 1. The van der Waals surface area contributed by atoms with E-state index in [-0.39, 0.29) is 23.1 Å². The lowest BCUT2D eigenvalue weighted by molar-refractivity contribution is -0.129. The normalized spacial score (nSPS) is 20.1. The van der Waals surface area contributed by atoms with Gasteiger partial charge in [-0.3, -0.25) is 9.59 Å². The van der Waals surface area contributed by atoms with Crippen molar-refractivity contribution >= 4 is 11.8 Å². The summed E-state index contributed by atoms with van der Waals surface area (Å²) in [5, 5.41) is 7.57. The highest BCUT2D eigenvalue weighted by Crippen LogP contribution is 2.52. The first-order valence-electron chi connectivity index (χ1n) is 9.86. The van der Waals surface area contributed by atoms with Crippen molar-refractivity contribution in [1.82, 2.24) is 20.0 Å². The quantitative estimate of drug-likeness (QED) is 0.823. The number of aromatic nitrogens is 2. The number of piperidine rings is 1. The molecule has 1 aliphatic carbocycles. The van der Waals surface area contributed by atoms with Crippen LogP contribution in [-0.4, -0.2) is 59.0 Å². The molecule has 1 saturated heterocycles. The number of carbonyl (C=O) groups excluding carboxylic acids is 2. The maximum atomic E-state index is 12.7. The van der Waals surface area contributed by atoms with Crippen molar-refractivity contribution in [2.75, 3.05) is 27.2 Å². The van der Waals surface area contributed by atoms with Crippen molar-refractivity contribution in [3.8, 4) is 0 Å². The Kier molecular flexibility index (Phi) is 4.87. The van der Waals surface area contributed by atoms with Gasteiger partial charge in [0.2, 0.25) is 5.91 Å². The van der Waals surface area contributed by atoms with Gasteiger partial charge in [-0.1, -0.05) is 24.3 Å². The summed E-state index contributed by atoms with van der Waals surface area (Å²) in [6.07, 6.45) is 6.49. The van der Waals surface area contributed by atoms with Crippen LogP contribution in [0.4, 0.5) is 0 Å². The molecule has 1 aromatic carbocycles. The van der Waals surface area contributed by atoms with Gasteiger partial charge in [0.15, 0.2) is 0 Å². The molecule has 0 N–H and O–H groups in total. The number of carbonyl (C=O) groups is 2.